The maximum atomic E-state index is 11.4. The molecule has 14 heavy (non-hydrogen) atoms. The van der Waals surface area contributed by atoms with E-state index in [-0.39, 0.29) is 17.9 Å². The molecule has 0 saturated heterocycles. The Morgan fingerprint density at radius 2 is 2.29 bits per heavy atom. The number of rotatable bonds is 5. The zero-order valence-corrected chi connectivity index (χ0v) is 8.77. The number of thiophene rings is 1. The van der Waals surface area contributed by atoms with Gasteiger partial charge in [0.05, 0.1) is 11.3 Å². The number of nitrogens with one attached hydrogen (secondary N) is 1. The Labute approximate surface area is 85.4 Å². The molecule has 7 heteroatoms. The van der Waals surface area contributed by atoms with Crippen molar-refractivity contribution in [3.05, 3.63) is 16.8 Å². The van der Waals surface area contributed by atoms with Crippen molar-refractivity contribution in [3.8, 4) is 0 Å². The lowest BCUT2D eigenvalue weighted by molar-refractivity contribution is -0.136. The van der Waals surface area contributed by atoms with Crippen molar-refractivity contribution in [2.24, 2.45) is 0 Å². The summed E-state index contributed by atoms with van der Waals surface area (Å²) in [4.78, 5) is 10.3. The van der Waals surface area contributed by atoms with E-state index in [1.165, 1.54) is 22.8 Å². The highest BCUT2D eigenvalue weighted by Crippen LogP contribution is 2.12. The van der Waals surface area contributed by atoms with Crippen LogP contribution in [0.4, 0.5) is 0 Å². The summed E-state index contributed by atoms with van der Waals surface area (Å²) >= 11 is 1.27. The summed E-state index contributed by atoms with van der Waals surface area (Å²) in [7, 11) is -3.52. The molecular formula is C7H9NO4S2. The van der Waals surface area contributed by atoms with Crippen LogP contribution in [0.25, 0.3) is 0 Å². The normalized spacial score (nSPS) is 11.4. The Balaban J connectivity index is 2.56. The van der Waals surface area contributed by atoms with E-state index in [9.17, 15) is 13.2 Å². The van der Waals surface area contributed by atoms with Crippen molar-refractivity contribution in [3.63, 3.8) is 0 Å². The molecule has 0 aliphatic rings. The van der Waals surface area contributed by atoms with Crippen molar-refractivity contribution in [2.75, 3.05) is 6.54 Å². The van der Waals surface area contributed by atoms with E-state index in [4.69, 9.17) is 5.11 Å². The summed E-state index contributed by atoms with van der Waals surface area (Å²) < 4.78 is 24.9. The third-order valence-electron chi connectivity index (χ3n) is 1.44. The quantitative estimate of drug-likeness (QED) is 0.778. The Morgan fingerprint density at radius 1 is 1.57 bits per heavy atom. The van der Waals surface area contributed by atoms with Gasteiger partial charge >= 0.3 is 5.97 Å². The van der Waals surface area contributed by atoms with Gasteiger partial charge < -0.3 is 5.11 Å². The predicted octanol–water partition coefficient (Wildman–Crippen LogP) is 0.501. The van der Waals surface area contributed by atoms with Crippen LogP contribution in [-0.2, 0) is 14.8 Å². The summed E-state index contributed by atoms with van der Waals surface area (Å²) in [5, 5.41) is 11.4. The number of hydrogen-bond acceptors (Lipinski definition) is 4. The van der Waals surface area contributed by atoms with Crippen LogP contribution in [0.2, 0.25) is 0 Å². The fourth-order valence-corrected chi connectivity index (χ4v) is 2.84. The number of carboxylic acids is 1. The molecule has 78 valence electrons. The van der Waals surface area contributed by atoms with Crippen LogP contribution >= 0.6 is 11.3 Å². The highest BCUT2D eigenvalue weighted by atomic mass is 32.2. The lowest BCUT2D eigenvalue weighted by atomic mass is 10.5. The monoisotopic (exact) mass is 235 g/mol. The Bertz CT molecular complexity index is 395. The average Bonchev–Trinajstić information content (AvgIpc) is 2.54. The summed E-state index contributed by atoms with van der Waals surface area (Å²) in [5.74, 6) is -1.03. The summed E-state index contributed by atoms with van der Waals surface area (Å²) in [6.45, 7) is -0.0898. The van der Waals surface area contributed by atoms with Crippen molar-refractivity contribution in [1.82, 2.24) is 4.72 Å². The maximum Gasteiger partial charge on any atom is 0.304 e. The molecule has 0 spiro atoms. The van der Waals surface area contributed by atoms with Crippen molar-refractivity contribution < 1.29 is 18.3 Å². The second kappa shape index (κ2) is 4.54. The molecule has 0 atom stereocenters. The first-order valence-electron chi connectivity index (χ1n) is 3.76. The largest absolute Gasteiger partial charge is 0.481 e. The molecule has 1 aromatic rings. The third-order valence-corrected chi connectivity index (χ3v) is 3.73. The van der Waals surface area contributed by atoms with Gasteiger partial charge in [0.15, 0.2) is 0 Å². The zero-order chi connectivity index (χ0) is 10.6. The molecule has 0 bridgehead atoms. The average molecular weight is 235 g/mol. The minimum Gasteiger partial charge on any atom is -0.481 e. The molecule has 1 aromatic heterocycles. The molecule has 0 saturated carbocycles. The fourth-order valence-electron chi connectivity index (χ4n) is 0.781. The van der Waals surface area contributed by atoms with Crippen LogP contribution in [0.1, 0.15) is 6.42 Å². The van der Waals surface area contributed by atoms with E-state index in [1.54, 1.807) is 5.38 Å². The zero-order valence-electron chi connectivity index (χ0n) is 7.13. The molecular weight excluding hydrogens is 226 g/mol. The van der Waals surface area contributed by atoms with E-state index in [0.717, 1.165) is 0 Å². The minimum atomic E-state index is -3.52. The van der Waals surface area contributed by atoms with Gasteiger partial charge in [-0.1, -0.05) is 0 Å². The van der Waals surface area contributed by atoms with Crippen LogP contribution in [0.15, 0.2) is 21.7 Å². The molecule has 0 fully saturated rings. The van der Waals surface area contributed by atoms with Gasteiger partial charge in [-0.15, -0.1) is 0 Å². The van der Waals surface area contributed by atoms with Gasteiger partial charge in [0.2, 0.25) is 10.0 Å². The molecule has 2 N–H and O–H groups in total. The first-order chi connectivity index (χ1) is 6.52. The Hall–Kier alpha value is -0.920. The molecule has 1 rings (SSSR count). The second-order valence-corrected chi connectivity index (χ2v) is 5.05. The second-order valence-electron chi connectivity index (χ2n) is 2.50. The Kier molecular flexibility index (Phi) is 3.62. The van der Waals surface area contributed by atoms with Crippen LogP contribution < -0.4 is 4.72 Å². The summed E-state index contributed by atoms with van der Waals surface area (Å²) in [5.41, 5.74) is 0. The highest BCUT2D eigenvalue weighted by molar-refractivity contribution is 7.89. The van der Waals surface area contributed by atoms with Crippen LogP contribution in [0.5, 0.6) is 0 Å². The van der Waals surface area contributed by atoms with Gasteiger partial charge in [0, 0.05) is 11.9 Å². The smallest absolute Gasteiger partial charge is 0.304 e. The van der Waals surface area contributed by atoms with Gasteiger partial charge in [-0.2, -0.15) is 11.3 Å². The van der Waals surface area contributed by atoms with Gasteiger partial charge in [0.25, 0.3) is 0 Å². The van der Waals surface area contributed by atoms with Gasteiger partial charge in [-0.3, -0.25) is 4.79 Å². The summed E-state index contributed by atoms with van der Waals surface area (Å²) in [6, 6.07) is 1.47. The standard InChI is InChI=1S/C7H9NO4S2/c9-7(10)1-3-8-14(11,12)6-2-4-13-5-6/h2,4-5,8H,1,3H2,(H,9,10). The molecule has 5 nitrogen and oxygen atoms in total. The number of carboxylic acid groups (broad SMARTS) is 1. The topological polar surface area (TPSA) is 83.5 Å². The van der Waals surface area contributed by atoms with E-state index in [0.29, 0.717) is 0 Å². The predicted molar refractivity (Wildman–Crippen MR) is 51.8 cm³/mol. The number of aliphatic carboxylic acids is 1. The highest BCUT2D eigenvalue weighted by Gasteiger charge is 2.13. The molecule has 0 radical (unpaired) electrons. The summed E-state index contributed by atoms with van der Waals surface area (Å²) in [6.07, 6.45) is -0.219. The van der Waals surface area contributed by atoms with E-state index >= 15 is 0 Å². The third kappa shape index (κ3) is 3.09. The number of sulfonamides is 1. The van der Waals surface area contributed by atoms with Gasteiger partial charge in [-0.25, -0.2) is 13.1 Å². The fraction of sp³-hybridized carbons (Fsp3) is 0.286. The molecule has 0 unspecified atom stereocenters. The first-order valence-corrected chi connectivity index (χ1v) is 6.18. The maximum absolute atomic E-state index is 11.4. The van der Waals surface area contributed by atoms with E-state index in [2.05, 4.69) is 4.72 Å². The van der Waals surface area contributed by atoms with Crippen molar-refractivity contribution in [1.29, 1.82) is 0 Å². The molecule has 0 aliphatic carbocycles. The first kappa shape index (κ1) is 11.2. The van der Waals surface area contributed by atoms with Gasteiger partial charge in [-0.05, 0) is 11.4 Å². The molecule has 1 heterocycles. The molecule has 0 aromatic carbocycles. The van der Waals surface area contributed by atoms with E-state index < -0.39 is 16.0 Å². The lowest BCUT2D eigenvalue weighted by Gasteiger charge is -2.01. The van der Waals surface area contributed by atoms with Crippen LogP contribution in [0.3, 0.4) is 0 Å². The Morgan fingerprint density at radius 3 is 2.79 bits per heavy atom. The molecule has 0 amide bonds. The van der Waals surface area contributed by atoms with Crippen LogP contribution in [-0.4, -0.2) is 26.0 Å². The van der Waals surface area contributed by atoms with Crippen molar-refractivity contribution >= 4 is 27.3 Å². The number of carbonyl (C=O) groups is 1. The minimum absolute atomic E-state index is 0.0898. The van der Waals surface area contributed by atoms with Gasteiger partial charge in [0.1, 0.15) is 0 Å². The molecule has 0 aliphatic heterocycles. The lowest BCUT2D eigenvalue weighted by Crippen LogP contribution is -2.25. The van der Waals surface area contributed by atoms with Crippen LogP contribution in [0, 0.1) is 0 Å². The number of hydrogen-bond donors (Lipinski definition) is 2. The van der Waals surface area contributed by atoms with E-state index in [1.807, 2.05) is 0 Å². The SMILES string of the molecule is O=C(O)CCNS(=O)(=O)c1ccsc1. The van der Waals surface area contributed by atoms with Crippen molar-refractivity contribution in [2.45, 2.75) is 11.3 Å².